The Bertz CT molecular complexity index is 2820. The van der Waals surface area contributed by atoms with Crippen molar-refractivity contribution in [3.8, 4) is 39.9 Å². The van der Waals surface area contributed by atoms with E-state index in [1.54, 1.807) is 0 Å². The summed E-state index contributed by atoms with van der Waals surface area (Å²) in [6.07, 6.45) is 8.71. The maximum absolute atomic E-state index is 6.67. The van der Waals surface area contributed by atoms with E-state index in [2.05, 4.69) is 76.2 Å². The van der Waals surface area contributed by atoms with Crippen molar-refractivity contribution in [3.05, 3.63) is 151 Å². The molecular weight excluding hydrogens is 665 g/mol. The lowest BCUT2D eigenvalue weighted by molar-refractivity contribution is 0.745. The van der Waals surface area contributed by atoms with Gasteiger partial charge in [-0.05, 0) is 35.4 Å². The third kappa shape index (κ3) is 5.19. The molecule has 0 bridgehead atoms. The zero-order valence-electron chi connectivity index (χ0n) is 29.6. The molecule has 0 N–H and O–H groups in total. The zero-order valence-corrected chi connectivity index (χ0v) is 29.6. The topological polar surface area (TPSA) is 46.8 Å². The van der Waals surface area contributed by atoms with Crippen LogP contribution in [0.15, 0.2) is 146 Å². The first-order chi connectivity index (χ1) is 26.9. The molecule has 0 saturated carbocycles. The van der Waals surface area contributed by atoms with Crippen LogP contribution in [0.3, 0.4) is 0 Å². The number of hydrogen-bond acceptors (Lipinski definition) is 4. The Kier molecular flexibility index (Phi) is 7.84. The maximum atomic E-state index is 6.67. The molecule has 1 aliphatic carbocycles. The minimum atomic E-state index is -0.0372. The van der Waals surface area contributed by atoms with Crippen LogP contribution < -0.4 is 32.2 Å². The smallest absolute Gasteiger partial charge is 0.238 e. The molecule has 8 aromatic rings. The Morgan fingerprint density at radius 2 is 1.07 bits per heavy atom. The number of nitrogens with zero attached hydrogens (tertiary/aromatic N) is 5. The van der Waals surface area contributed by atoms with Crippen molar-refractivity contribution >= 4 is 99.7 Å². The van der Waals surface area contributed by atoms with Gasteiger partial charge in [-0.25, -0.2) is 4.98 Å². The second-order valence-electron chi connectivity index (χ2n) is 13.9. The van der Waals surface area contributed by atoms with Gasteiger partial charge in [0.15, 0.2) is 11.6 Å². The highest BCUT2D eigenvalue weighted by Crippen LogP contribution is 2.51. The van der Waals surface area contributed by atoms with Gasteiger partial charge in [-0.3, -0.25) is 4.57 Å². The number of anilines is 2. The van der Waals surface area contributed by atoms with Gasteiger partial charge in [0.05, 0.1) is 17.1 Å². The van der Waals surface area contributed by atoms with E-state index < -0.39 is 0 Å². The number of hydrogen-bond donors (Lipinski definition) is 0. The standard InChI is InChI=1S/C45H26B5N5/c46-38-37(39(47)41(49)42(50)40(38)48)29-19-9-12-22-34(29)54-32-20-10-7-17-27(32)30-24-36-31(23-35(30)54)28-18-8-11-21-33(28)55(36)45-52-43(25-13-3-1-4-14-25)51-44(53-45)26-15-5-2-6-16-26/h1-24,27,32H. The van der Waals surface area contributed by atoms with Crippen LogP contribution >= 0.6 is 0 Å². The molecule has 2 aromatic heterocycles. The predicted octanol–water partition coefficient (Wildman–Crippen LogP) is 4.67. The first-order valence-corrected chi connectivity index (χ1v) is 18.1. The van der Waals surface area contributed by atoms with Gasteiger partial charge in [-0.1, -0.05) is 132 Å². The van der Waals surface area contributed by atoms with Crippen molar-refractivity contribution in [2.75, 3.05) is 4.90 Å². The summed E-state index contributed by atoms with van der Waals surface area (Å²) in [5.41, 5.74) is 9.53. The summed E-state index contributed by atoms with van der Waals surface area (Å²) in [5.74, 6) is 1.78. The summed E-state index contributed by atoms with van der Waals surface area (Å²) in [4.78, 5) is 17.6. The molecule has 0 spiro atoms. The number of aromatic nitrogens is 4. The highest BCUT2D eigenvalue weighted by atomic mass is 15.2. The van der Waals surface area contributed by atoms with Crippen molar-refractivity contribution in [2.24, 2.45) is 0 Å². The second-order valence-corrected chi connectivity index (χ2v) is 13.9. The number of allylic oxidation sites excluding steroid dienone is 2. The molecule has 2 atom stereocenters. The van der Waals surface area contributed by atoms with Gasteiger partial charge in [-0.15, -0.1) is 16.4 Å². The van der Waals surface area contributed by atoms with Crippen LogP contribution in [-0.2, 0) is 0 Å². The zero-order chi connectivity index (χ0) is 37.4. The van der Waals surface area contributed by atoms with Gasteiger partial charge < -0.3 is 4.90 Å². The van der Waals surface area contributed by atoms with Crippen LogP contribution in [-0.4, -0.2) is 64.8 Å². The highest BCUT2D eigenvalue weighted by molar-refractivity contribution is 6.68. The van der Waals surface area contributed by atoms with Crippen LogP contribution in [0.4, 0.5) is 11.4 Å². The molecule has 2 aliphatic rings. The fourth-order valence-corrected chi connectivity index (χ4v) is 8.22. The largest absolute Gasteiger partial charge is 0.333 e. The van der Waals surface area contributed by atoms with E-state index in [0.717, 1.165) is 55.4 Å². The summed E-state index contributed by atoms with van der Waals surface area (Å²) >= 11 is 0. The van der Waals surface area contributed by atoms with Gasteiger partial charge >= 0.3 is 0 Å². The summed E-state index contributed by atoms with van der Waals surface area (Å²) in [6, 6.07) is 41.1. The number of fused-ring (bicyclic) bond motifs is 6. The minimum absolute atomic E-state index is 0.0372. The molecule has 0 fully saturated rings. The Morgan fingerprint density at radius 1 is 0.491 bits per heavy atom. The highest BCUT2D eigenvalue weighted by Gasteiger charge is 2.39. The third-order valence-electron chi connectivity index (χ3n) is 10.9. The Labute approximate surface area is 325 Å². The first kappa shape index (κ1) is 33.3. The Hall–Kier alpha value is -6.27. The van der Waals surface area contributed by atoms with Gasteiger partial charge in [0.2, 0.25) is 5.95 Å². The van der Waals surface area contributed by atoms with E-state index in [1.807, 2.05) is 78.9 Å². The third-order valence-corrected chi connectivity index (χ3v) is 10.9. The SMILES string of the molecule is [B]c1c([B])c([B])c(-c2ccccc2N2c3cc4c5ccccc5n(-c5nc(-c6ccccc6)nc(-c6ccccc6)n5)c4cc3C3C=CC=CC32)c([B])c1[B]. The molecule has 246 valence electrons. The fraction of sp³-hybridized carbons (Fsp3) is 0.0444. The molecule has 55 heavy (non-hydrogen) atoms. The van der Waals surface area contributed by atoms with Crippen molar-refractivity contribution in [2.45, 2.75) is 12.0 Å². The number of benzene rings is 6. The van der Waals surface area contributed by atoms with E-state index in [1.165, 1.54) is 0 Å². The van der Waals surface area contributed by atoms with Crippen LogP contribution in [0, 0.1) is 0 Å². The quantitative estimate of drug-likeness (QED) is 0.247. The summed E-state index contributed by atoms with van der Waals surface area (Å²) < 4.78 is 2.17. The molecule has 3 heterocycles. The average Bonchev–Trinajstić information content (AvgIpc) is 3.74. The molecule has 5 nitrogen and oxygen atoms in total. The molecule has 1 aliphatic heterocycles. The van der Waals surface area contributed by atoms with E-state index in [0.29, 0.717) is 34.1 Å². The van der Waals surface area contributed by atoms with Gasteiger partial charge in [0.25, 0.3) is 0 Å². The van der Waals surface area contributed by atoms with Crippen molar-refractivity contribution in [3.63, 3.8) is 0 Å². The van der Waals surface area contributed by atoms with E-state index in [4.69, 9.17) is 54.2 Å². The van der Waals surface area contributed by atoms with Crippen molar-refractivity contribution in [1.29, 1.82) is 0 Å². The molecule has 10 rings (SSSR count). The predicted molar refractivity (Wildman–Crippen MR) is 231 cm³/mol. The van der Waals surface area contributed by atoms with Gasteiger partial charge in [-0.2, -0.15) is 9.97 Å². The lowest BCUT2D eigenvalue weighted by atomic mass is 9.59. The Balaban J connectivity index is 1.23. The van der Waals surface area contributed by atoms with Gasteiger partial charge in [0, 0.05) is 44.8 Å². The molecule has 2 unspecified atom stereocenters. The minimum Gasteiger partial charge on any atom is -0.333 e. The van der Waals surface area contributed by atoms with E-state index >= 15 is 0 Å². The molecule has 10 radical (unpaired) electrons. The van der Waals surface area contributed by atoms with Crippen molar-refractivity contribution in [1.82, 2.24) is 19.5 Å². The summed E-state index contributed by atoms with van der Waals surface area (Å²) in [7, 11) is 32.3. The lowest BCUT2D eigenvalue weighted by Crippen LogP contribution is -2.55. The monoisotopic (exact) mass is 691 g/mol. The van der Waals surface area contributed by atoms with Crippen LogP contribution in [0.25, 0.3) is 61.7 Å². The Morgan fingerprint density at radius 3 is 1.76 bits per heavy atom. The van der Waals surface area contributed by atoms with Gasteiger partial charge in [0.1, 0.15) is 39.2 Å². The second kappa shape index (κ2) is 12.9. The maximum Gasteiger partial charge on any atom is 0.238 e. The lowest BCUT2D eigenvalue weighted by Gasteiger charge is -2.32. The molecular formula is C45H26B5N5. The molecule has 6 aromatic carbocycles. The van der Waals surface area contributed by atoms with Crippen LogP contribution in [0.1, 0.15) is 11.5 Å². The molecule has 10 heteroatoms. The van der Waals surface area contributed by atoms with Crippen LogP contribution in [0.5, 0.6) is 0 Å². The average molecular weight is 691 g/mol. The van der Waals surface area contributed by atoms with Crippen LogP contribution in [0.2, 0.25) is 0 Å². The normalized spacial score (nSPS) is 15.8. The van der Waals surface area contributed by atoms with E-state index in [9.17, 15) is 0 Å². The summed E-state index contributed by atoms with van der Waals surface area (Å²) in [6.45, 7) is 0. The van der Waals surface area contributed by atoms with E-state index in [-0.39, 0.29) is 28.3 Å². The first-order valence-electron chi connectivity index (χ1n) is 18.1. The molecule has 0 amide bonds. The fourth-order valence-electron chi connectivity index (χ4n) is 8.22. The summed E-state index contributed by atoms with van der Waals surface area (Å²) in [5, 5.41) is 2.14. The number of rotatable bonds is 5. The number of para-hydroxylation sites is 2. The van der Waals surface area contributed by atoms with Crippen molar-refractivity contribution < 1.29 is 0 Å². The molecule has 0 saturated heterocycles.